The second kappa shape index (κ2) is 7.14. The second-order valence-electron chi connectivity index (χ2n) is 6.98. The molecule has 0 aromatic heterocycles. The summed E-state index contributed by atoms with van der Waals surface area (Å²) >= 11 is 0. The molecule has 0 unspecified atom stereocenters. The van der Waals surface area contributed by atoms with E-state index >= 15 is 0 Å². The Labute approximate surface area is 135 Å². The quantitative estimate of drug-likeness (QED) is 0.433. The van der Waals surface area contributed by atoms with E-state index in [1.54, 1.807) is 13.8 Å². The van der Waals surface area contributed by atoms with Gasteiger partial charge in [-0.25, -0.2) is 4.79 Å². The van der Waals surface area contributed by atoms with Crippen molar-refractivity contribution in [3.8, 4) is 5.75 Å². The third kappa shape index (κ3) is 5.02. The van der Waals surface area contributed by atoms with Crippen molar-refractivity contribution in [3.05, 3.63) is 35.4 Å². The van der Waals surface area contributed by atoms with Crippen LogP contribution in [0.4, 0.5) is 0 Å². The van der Waals surface area contributed by atoms with Crippen molar-refractivity contribution in [1.29, 1.82) is 0 Å². The molecule has 0 saturated carbocycles. The van der Waals surface area contributed by atoms with Gasteiger partial charge in [0, 0.05) is 5.57 Å². The fraction of sp³-hybridized carbons (Fsp3) is 0.500. The van der Waals surface area contributed by atoms with Gasteiger partial charge in [0.1, 0.15) is 5.75 Å². The molecule has 0 radical (unpaired) electrons. The molecule has 0 amide bonds. The van der Waals surface area contributed by atoms with Gasteiger partial charge in [-0.2, -0.15) is 0 Å². The normalized spacial score (nSPS) is 13.0. The summed E-state index contributed by atoms with van der Waals surface area (Å²) in [6.07, 6.45) is 1.83. The van der Waals surface area contributed by atoms with Crippen molar-refractivity contribution in [1.82, 2.24) is 0 Å². The van der Waals surface area contributed by atoms with Gasteiger partial charge < -0.3 is 9.16 Å². The lowest BCUT2D eigenvalue weighted by Gasteiger charge is -2.36. The fourth-order valence-corrected chi connectivity index (χ4v) is 2.69. The minimum atomic E-state index is -1.86. The average molecular weight is 321 g/mol. The minimum Gasteiger partial charge on any atom is -0.543 e. The predicted octanol–water partition coefficient (Wildman–Crippen LogP) is 5.04. The lowest BCUT2D eigenvalue weighted by Crippen LogP contribution is -2.43. The Morgan fingerprint density at radius 1 is 1.27 bits per heavy atom. The molecule has 3 nitrogen and oxygen atoms in total. The van der Waals surface area contributed by atoms with Crippen LogP contribution in [0.3, 0.4) is 0 Å². The third-order valence-corrected chi connectivity index (χ3v) is 8.38. The first kappa shape index (κ1) is 18.5. The highest BCUT2D eigenvalue weighted by Gasteiger charge is 2.38. The maximum absolute atomic E-state index is 11.7. The summed E-state index contributed by atoms with van der Waals surface area (Å²) in [6, 6.07) is 7.86. The van der Waals surface area contributed by atoms with Gasteiger partial charge in [-0.1, -0.05) is 32.9 Å². The molecule has 0 heterocycles. The van der Waals surface area contributed by atoms with Crippen molar-refractivity contribution in [3.63, 3.8) is 0 Å². The maximum Gasteiger partial charge on any atom is 0.333 e. The van der Waals surface area contributed by atoms with Gasteiger partial charge in [0.2, 0.25) is 8.32 Å². The lowest BCUT2D eigenvalue weighted by atomic mass is 10.1. The topological polar surface area (TPSA) is 35.5 Å². The molecule has 4 heteroatoms. The van der Waals surface area contributed by atoms with Crippen molar-refractivity contribution in [2.45, 2.75) is 52.8 Å². The first-order chi connectivity index (χ1) is 10.1. The van der Waals surface area contributed by atoms with E-state index < -0.39 is 8.32 Å². The van der Waals surface area contributed by atoms with Crippen molar-refractivity contribution in [2.24, 2.45) is 0 Å². The molecule has 1 aromatic rings. The number of hydrogen-bond donors (Lipinski definition) is 0. The van der Waals surface area contributed by atoms with E-state index in [1.165, 1.54) is 0 Å². The van der Waals surface area contributed by atoms with Crippen LogP contribution in [0, 0.1) is 0 Å². The molecular formula is C18H28O3Si. The number of esters is 1. The summed E-state index contributed by atoms with van der Waals surface area (Å²) in [5.41, 5.74) is 1.54. The SMILES string of the molecule is CCOC(=O)/C(C)=C/c1cccc(O[Si](C)(C)C(C)(C)C)c1. The number of ether oxygens (including phenoxy) is 1. The largest absolute Gasteiger partial charge is 0.543 e. The minimum absolute atomic E-state index is 0.152. The lowest BCUT2D eigenvalue weighted by molar-refractivity contribution is -0.138. The number of carbonyl (C=O) groups excluding carboxylic acids is 1. The maximum atomic E-state index is 11.7. The monoisotopic (exact) mass is 320 g/mol. The molecule has 0 N–H and O–H groups in total. The first-order valence-corrected chi connectivity index (χ1v) is 10.6. The molecule has 0 spiro atoms. The zero-order valence-electron chi connectivity index (χ0n) is 14.8. The molecule has 0 saturated heterocycles. The molecule has 0 aliphatic carbocycles. The van der Waals surface area contributed by atoms with Crippen LogP contribution < -0.4 is 4.43 Å². The molecular weight excluding hydrogens is 292 g/mol. The van der Waals surface area contributed by atoms with Crippen LogP contribution in [-0.4, -0.2) is 20.9 Å². The fourth-order valence-electron chi connectivity index (χ4n) is 1.67. The third-order valence-electron chi connectivity index (χ3n) is 4.02. The van der Waals surface area contributed by atoms with Crippen molar-refractivity contribution in [2.75, 3.05) is 6.61 Å². The number of benzene rings is 1. The molecule has 1 rings (SSSR count). The van der Waals surface area contributed by atoms with Gasteiger partial charge in [-0.3, -0.25) is 0 Å². The van der Waals surface area contributed by atoms with Gasteiger partial charge in [-0.15, -0.1) is 0 Å². The zero-order valence-corrected chi connectivity index (χ0v) is 15.8. The van der Waals surface area contributed by atoms with Crippen LogP contribution in [0.15, 0.2) is 29.8 Å². The highest BCUT2D eigenvalue weighted by atomic mass is 28.4. The number of hydrogen-bond acceptors (Lipinski definition) is 3. The second-order valence-corrected chi connectivity index (χ2v) is 11.7. The van der Waals surface area contributed by atoms with Crippen molar-refractivity contribution >= 4 is 20.4 Å². The Hall–Kier alpha value is -1.55. The summed E-state index contributed by atoms with van der Waals surface area (Å²) in [5.74, 6) is 0.579. The molecule has 122 valence electrons. The van der Waals surface area contributed by atoms with Crippen molar-refractivity contribution < 1.29 is 14.0 Å². The van der Waals surface area contributed by atoms with E-state index in [9.17, 15) is 4.79 Å². The van der Waals surface area contributed by atoms with Gasteiger partial charge >= 0.3 is 5.97 Å². The Morgan fingerprint density at radius 2 is 1.91 bits per heavy atom. The van der Waals surface area contributed by atoms with Gasteiger partial charge in [0.05, 0.1) is 6.61 Å². The Balaban J connectivity index is 2.96. The Morgan fingerprint density at radius 3 is 2.45 bits per heavy atom. The average Bonchev–Trinajstić information content (AvgIpc) is 2.37. The summed E-state index contributed by atoms with van der Waals surface area (Å²) in [5, 5.41) is 0.152. The van der Waals surface area contributed by atoms with E-state index in [4.69, 9.17) is 9.16 Å². The van der Waals surface area contributed by atoms with Gasteiger partial charge in [0.15, 0.2) is 0 Å². The van der Waals surface area contributed by atoms with Crippen LogP contribution in [0.1, 0.15) is 40.2 Å². The molecule has 0 bridgehead atoms. The van der Waals surface area contributed by atoms with Crippen LogP contribution in [0.5, 0.6) is 5.75 Å². The van der Waals surface area contributed by atoms with E-state index in [2.05, 4.69) is 33.9 Å². The standard InChI is InChI=1S/C18H28O3Si/c1-8-20-17(19)14(2)12-15-10-9-11-16(13-15)21-22(6,7)18(3,4)5/h9-13H,8H2,1-7H3/b14-12+. The van der Waals surface area contributed by atoms with E-state index in [1.807, 2.05) is 30.3 Å². The summed E-state index contributed by atoms with van der Waals surface area (Å²) < 4.78 is 11.3. The molecule has 0 aliphatic heterocycles. The number of carbonyl (C=O) groups is 1. The highest BCUT2D eigenvalue weighted by molar-refractivity contribution is 6.74. The van der Waals surface area contributed by atoms with E-state index in [-0.39, 0.29) is 11.0 Å². The molecule has 0 atom stereocenters. The van der Waals surface area contributed by atoms with E-state index in [0.29, 0.717) is 12.2 Å². The Bertz CT molecular complexity index is 554. The highest BCUT2D eigenvalue weighted by Crippen LogP contribution is 2.37. The number of rotatable bonds is 5. The van der Waals surface area contributed by atoms with Gasteiger partial charge in [-0.05, 0) is 55.8 Å². The molecule has 0 fully saturated rings. The Kier molecular flexibility index (Phi) is 6.00. The van der Waals surface area contributed by atoms with Crippen LogP contribution in [0.25, 0.3) is 6.08 Å². The predicted molar refractivity (Wildman–Crippen MR) is 94.6 cm³/mol. The molecule has 1 aromatic carbocycles. The molecule has 22 heavy (non-hydrogen) atoms. The van der Waals surface area contributed by atoms with Crippen LogP contribution in [0.2, 0.25) is 18.1 Å². The summed E-state index contributed by atoms with van der Waals surface area (Å²) in [4.78, 5) is 11.7. The summed E-state index contributed by atoms with van der Waals surface area (Å²) in [6.45, 7) is 15.0. The van der Waals surface area contributed by atoms with Gasteiger partial charge in [0.25, 0.3) is 0 Å². The van der Waals surface area contributed by atoms with Crippen LogP contribution in [-0.2, 0) is 9.53 Å². The zero-order chi connectivity index (χ0) is 17.0. The molecule has 0 aliphatic rings. The first-order valence-electron chi connectivity index (χ1n) is 7.71. The smallest absolute Gasteiger partial charge is 0.333 e. The van der Waals surface area contributed by atoms with E-state index in [0.717, 1.165) is 11.3 Å². The van der Waals surface area contributed by atoms with Crippen LogP contribution >= 0.6 is 0 Å². The summed E-state index contributed by atoms with van der Waals surface area (Å²) in [7, 11) is -1.86.